The molecule has 0 saturated carbocycles. The maximum Gasteiger partial charge on any atom is 0.253 e. The van der Waals surface area contributed by atoms with E-state index in [9.17, 15) is 4.79 Å². The fourth-order valence-electron chi connectivity index (χ4n) is 2.24. The Morgan fingerprint density at radius 2 is 2.08 bits per heavy atom. The number of halogens is 2. The predicted octanol–water partition coefficient (Wildman–Crippen LogP) is 3.38. The van der Waals surface area contributed by atoms with Gasteiger partial charge in [0.15, 0.2) is 6.04 Å². The third-order valence-electron chi connectivity index (χ3n) is 3.50. The minimum absolute atomic E-state index is 0.287. The number of ether oxygens (including phenoxy) is 1. The number of nitrogens with one attached hydrogen (secondary N) is 2. The average molecular weight is 377 g/mol. The van der Waals surface area contributed by atoms with Crippen LogP contribution in [-0.4, -0.2) is 30.4 Å². The first kappa shape index (κ1) is 17.3. The maximum atomic E-state index is 12.5. The Balaban J connectivity index is 1.78. The van der Waals surface area contributed by atoms with Crippen molar-refractivity contribution in [3.63, 3.8) is 0 Å². The van der Waals surface area contributed by atoms with Crippen LogP contribution in [0.1, 0.15) is 5.56 Å². The third-order valence-corrected chi connectivity index (χ3v) is 4.23. The molecule has 0 aliphatic carbocycles. The SMILES string of the molecule is COc1cncc(NC(=O)C2C=C(c3ccc(Cl)c(Cl)c3)NC=N2)c1. The van der Waals surface area contributed by atoms with E-state index in [4.69, 9.17) is 27.9 Å². The van der Waals surface area contributed by atoms with Crippen molar-refractivity contribution in [1.29, 1.82) is 0 Å². The summed E-state index contributed by atoms with van der Waals surface area (Å²) in [5.74, 6) is 0.268. The molecular formula is C17H14Cl2N4O2. The predicted molar refractivity (Wildman–Crippen MR) is 99.3 cm³/mol. The van der Waals surface area contributed by atoms with Gasteiger partial charge in [-0.15, -0.1) is 0 Å². The molecule has 1 atom stereocenters. The number of carbonyl (C=O) groups excluding carboxylic acids is 1. The van der Waals surface area contributed by atoms with E-state index in [1.54, 1.807) is 30.5 Å². The molecule has 1 aromatic heterocycles. The second-order valence-corrected chi connectivity index (χ2v) is 5.99. The van der Waals surface area contributed by atoms with Crippen molar-refractivity contribution in [3.05, 3.63) is 58.3 Å². The first-order valence-corrected chi connectivity index (χ1v) is 8.08. The number of pyridine rings is 1. The van der Waals surface area contributed by atoms with Gasteiger partial charge >= 0.3 is 0 Å². The van der Waals surface area contributed by atoms with Crippen molar-refractivity contribution in [2.75, 3.05) is 12.4 Å². The zero-order valence-electron chi connectivity index (χ0n) is 13.2. The maximum absolute atomic E-state index is 12.5. The Morgan fingerprint density at radius 1 is 1.24 bits per heavy atom. The summed E-state index contributed by atoms with van der Waals surface area (Å²) in [6, 6.07) is 6.23. The molecule has 3 rings (SSSR count). The average Bonchev–Trinajstić information content (AvgIpc) is 2.64. The second kappa shape index (κ2) is 7.55. The van der Waals surface area contributed by atoms with E-state index in [1.165, 1.54) is 19.6 Å². The molecule has 2 heterocycles. The van der Waals surface area contributed by atoms with Gasteiger partial charge in [-0.2, -0.15) is 0 Å². The Hall–Kier alpha value is -2.57. The number of anilines is 1. The van der Waals surface area contributed by atoms with Crippen LogP contribution in [0, 0.1) is 0 Å². The summed E-state index contributed by atoms with van der Waals surface area (Å²) < 4.78 is 5.09. The van der Waals surface area contributed by atoms with Crippen molar-refractivity contribution in [3.8, 4) is 5.75 Å². The normalized spacial score (nSPS) is 16.0. The van der Waals surface area contributed by atoms with Crippen molar-refractivity contribution in [1.82, 2.24) is 10.3 Å². The number of nitrogens with zero attached hydrogens (tertiary/aromatic N) is 2. The van der Waals surface area contributed by atoms with E-state index in [2.05, 4.69) is 20.6 Å². The lowest BCUT2D eigenvalue weighted by Gasteiger charge is -2.17. The highest BCUT2D eigenvalue weighted by Gasteiger charge is 2.19. The first-order chi connectivity index (χ1) is 12.1. The Bertz CT molecular complexity index is 867. The topological polar surface area (TPSA) is 75.6 Å². The van der Waals surface area contributed by atoms with Crippen molar-refractivity contribution >= 4 is 46.8 Å². The highest BCUT2D eigenvalue weighted by atomic mass is 35.5. The van der Waals surface area contributed by atoms with E-state index in [1.807, 2.05) is 6.07 Å². The molecule has 0 radical (unpaired) electrons. The van der Waals surface area contributed by atoms with Crippen molar-refractivity contribution in [2.24, 2.45) is 4.99 Å². The largest absolute Gasteiger partial charge is 0.495 e. The number of methoxy groups -OCH3 is 1. The number of amides is 1. The Morgan fingerprint density at radius 3 is 2.84 bits per heavy atom. The van der Waals surface area contributed by atoms with E-state index in [0.29, 0.717) is 21.5 Å². The quantitative estimate of drug-likeness (QED) is 0.857. The molecule has 2 aromatic rings. The third kappa shape index (κ3) is 4.10. The molecule has 1 aliphatic rings. The highest BCUT2D eigenvalue weighted by molar-refractivity contribution is 6.42. The highest BCUT2D eigenvalue weighted by Crippen LogP contribution is 2.26. The molecule has 1 amide bonds. The number of aliphatic imine (C=N–C) groups is 1. The molecule has 1 aliphatic heterocycles. The summed E-state index contributed by atoms with van der Waals surface area (Å²) >= 11 is 12.0. The summed E-state index contributed by atoms with van der Waals surface area (Å²) in [4.78, 5) is 20.6. The van der Waals surface area contributed by atoms with Gasteiger partial charge in [0, 0.05) is 11.8 Å². The summed E-state index contributed by atoms with van der Waals surface area (Å²) in [5.41, 5.74) is 2.06. The molecule has 2 N–H and O–H groups in total. The van der Waals surface area contributed by atoms with Crippen LogP contribution in [-0.2, 0) is 4.79 Å². The van der Waals surface area contributed by atoms with Gasteiger partial charge in [0.2, 0.25) is 0 Å². The summed E-state index contributed by atoms with van der Waals surface area (Å²) in [6.45, 7) is 0. The smallest absolute Gasteiger partial charge is 0.253 e. The van der Waals surface area contributed by atoms with Crippen LogP contribution in [0.15, 0.2) is 47.7 Å². The lowest BCUT2D eigenvalue weighted by atomic mass is 10.1. The molecule has 0 spiro atoms. The van der Waals surface area contributed by atoms with Gasteiger partial charge in [0.1, 0.15) is 5.75 Å². The van der Waals surface area contributed by atoms with E-state index >= 15 is 0 Å². The lowest BCUT2D eigenvalue weighted by molar-refractivity contribution is -0.116. The van der Waals surface area contributed by atoms with Crippen molar-refractivity contribution < 1.29 is 9.53 Å². The van der Waals surface area contributed by atoms with Gasteiger partial charge in [0.25, 0.3) is 5.91 Å². The van der Waals surface area contributed by atoms with Crippen LogP contribution in [0.2, 0.25) is 10.0 Å². The summed E-state index contributed by atoms with van der Waals surface area (Å²) in [6.07, 6.45) is 6.28. The van der Waals surface area contributed by atoms with Gasteiger partial charge in [-0.1, -0.05) is 29.3 Å². The van der Waals surface area contributed by atoms with Crippen LogP contribution in [0.5, 0.6) is 5.75 Å². The number of carbonyl (C=O) groups is 1. The standard InChI is InChI=1S/C17H14Cl2N4O2/c1-25-12-5-11(7-20-8-12)23-17(24)16-6-15(21-9-22-16)10-2-3-13(18)14(19)4-10/h2-9,16H,1H3,(H,21,22)(H,23,24). The minimum atomic E-state index is -0.683. The fourth-order valence-corrected chi connectivity index (χ4v) is 2.54. The van der Waals surface area contributed by atoms with Gasteiger partial charge < -0.3 is 15.4 Å². The molecule has 25 heavy (non-hydrogen) atoms. The second-order valence-electron chi connectivity index (χ2n) is 5.18. The number of hydrogen-bond acceptors (Lipinski definition) is 5. The minimum Gasteiger partial charge on any atom is -0.495 e. The van der Waals surface area contributed by atoms with Crippen LogP contribution in [0.4, 0.5) is 5.69 Å². The Kier molecular flexibility index (Phi) is 5.21. The molecule has 0 bridgehead atoms. The monoisotopic (exact) mass is 376 g/mol. The fraction of sp³-hybridized carbons (Fsp3) is 0.118. The molecule has 1 aromatic carbocycles. The van der Waals surface area contributed by atoms with E-state index < -0.39 is 6.04 Å². The van der Waals surface area contributed by atoms with Gasteiger partial charge in [-0.05, 0) is 23.8 Å². The number of hydrogen-bond donors (Lipinski definition) is 2. The van der Waals surface area contributed by atoms with Crippen LogP contribution < -0.4 is 15.4 Å². The molecule has 1 unspecified atom stereocenters. The molecule has 0 saturated heterocycles. The number of rotatable bonds is 4. The number of aromatic nitrogens is 1. The first-order valence-electron chi connectivity index (χ1n) is 7.32. The Labute approximate surface area is 154 Å². The van der Waals surface area contributed by atoms with Crippen LogP contribution in [0.25, 0.3) is 5.70 Å². The van der Waals surface area contributed by atoms with Gasteiger partial charge in [-0.3, -0.25) is 14.8 Å². The van der Waals surface area contributed by atoms with Gasteiger partial charge in [-0.25, -0.2) is 0 Å². The van der Waals surface area contributed by atoms with Crippen LogP contribution >= 0.6 is 23.2 Å². The van der Waals surface area contributed by atoms with Crippen LogP contribution in [0.3, 0.4) is 0 Å². The zero-order chi connectivity index (χ0) is 17.8. The zero-order valence-corrected chi connectivity index (χ0v) is 14.7. The van der Waals surface area contributed by atoms with Gasteiger partial charge in [0.05, 0.1) is 41.6 Å². The molecule has 128 valence electrons. The van der Waals surface area contributed by atoms with E-state index in [-0.39, 0.29) is 5.91 Å². The van der Waals surface area contributed by atoms with E-state index in [0.717, 1.165) is 11.3 Å². The molecular weight excluding hydrogens is 363 g/mol. The molecule has 0 fully saturated rings. The summed E-state index contributed by atoms with van der Waals surface area (Å²) in [5, 5.41) is 6.67. The number of benzene rings is 1. The van der Waals surface area contributed by atoms with Crippen molar-refractivity contribution in [2.45, 2.75) is 6.04 Å². The molecule has 6 nitrogen and oxygen atoms in total. The molecule has 8 heteroatoms. The lowest BCUT2D eigenvalue weighted by Crippen LogP contribution is -2.30. The summed E-state index contributed by atoms with van der Waals surface area (Å²) in [7, 11) is 1.53.